The molecule has 152 valence electrons. The van der Waals surface area contributed by atoms with Gasteiger partial charge in [0.2, 0.25) is 11.2 Å². The number of rotatable bonds is 5. The molecule has 0 unspecified atom stereocenters. The van der Waals surface area contributed by atoms with Gasteiger partial charge in [0.25, 0.3) is 0 Å². The highest BCUT2D eigenvalue weighted by molar-refractivity contribution is 7.87. The molecule has 0 atom stereocenters. The first-order valence-corrected chi connectivity index (χ1v) is 10.2. The van der Waals surface area contributed by atoms with Crippen molar-refractivity contribution >= 4 is 21.1 Å². The predicted octanol–water partition coefficient (Wildman–Crippen LogP) is 4.38. The highest BCUT2D eigenvalue weighted by Gasteiger charge is 2.25. The lowest BCUT2D eigenvalue weighted by Crippen LogP contribution is -2.17. The molecular formula is C22H15FO6S. The van der Waals surface area contributed by atoms with Gasteiger partial charge in [-0.25, -0.2) is 4.39 Å². The van der Waals surface area contributed by atoms with Gasteiger partial charge in [0.05, 0.1) is 12.5 Å². The van der Waals surface area contributed by atoms with E-state index >= 15 is 0 Å². The first-order valence-electron chi connectivity index (χ1n) is 8.79. The zero-order chi connectivity index (χ0) is 21.3. The summed E-state index contributed by atoms with van der Waals surface area (Å²) in [7, 11) is -2.91. The van der Waals surface area contributed by atoms with Crippen LogP contribution in [-0.4, -0.2) is 15.5 Å². The Balaban J connectivity index is 1.91. The van der Waals surface area contributed by atoms with E-state index in [4.69, 9.17) is 13.3 Å². The van der Waals surface area contributed by atoms with Gasteiger partial charge in [-0.15, -0.1) is 0 Å². The van der Waals surface area contributed by atoms with Crippen LogP contribution in [-0.2, 0) is 10.1 Å². The smallest absolute Gasteiger partial charge is 0.339 e. The molecule has 3 aromatic carbocycles. The van der Waals surface area contributed by atoms with Crippen LogP contribution in [0.5, 0.6) is 11.5 Å². The highest BCUT2D eigenvalue weighted by atomic mass is 32.2. The van der Waals surface area contributed by atoms with Crippen molar-refractivity contribution in [1.82, 2.24) is 0 Å². The average Bonchev–Trinajstić information content (AvgIpc) is 2.76. The number of benzene rings is 3. The molecule has 0 aliphatic heterocycles. The summed E-state index contributed by atoms with van der Waals surface area (Å²) >= 11 is 0. The maximum Gasteiger partial charge on any atom is 0.339 e. The first-order chi connectivity index (χ1) is 14.4. The second-order valence-corrected chi connectivity index (χ2v) is 7.85. The van der Waals surface area contributed by atoms with Crippen molar-refractivity contribution in [2.24, 2.45) is 0 Å². The van der Waals surface area contributed by atoms with E-state index in [1.165, 1.54) is 13.2 Å². The molecule has 4 rings (SSSR count). The Hall–Kier alpha value is -3.65. The molecule has 4 aromatic rings. The molecule has 0 N–H and O–H groups in total. The van der Waals surface area contributed by atoms with Gasteiger partial charge in [-0.2, -0.15) is 8.42 Å². The van der Waals surface area contributed by atoms with Crippen molar-refractivity contribution in [2.45, 2.75) is 4.90 Å². The number of hydrogen-bond acceptors (Lipinski definition) is 6. The van der Waals surface area contributed by atoms with Gasteiger partial charge in [0, 0.05) is 5.56 Å². The van der Waals surface area contributed by atoms with Crippen LogP contribution >= 0.6 is 0 Å². The van der Waals surface area contributed by atoms with Crippen molar-refractivity contribution in [2.75, 3.05) is 7.11 Å². The third-order valence-corrected chi connectivity index (χ3v) is 5.64. The van der Waals surface area contributed by atoms with Crippen LogP contribution in [0.25, 0.3) is 22.3 Å². The van der Waals surface area contributed by atoms with Crippen LogP contribution in [0.3, 0.4) is 0 Å². The number of fused-ring (bicyclic) bond motifs is 1. The summed E-state index contributed by atoms with van der Waals surface area (Å²) in [6, 6.07) is 17.0. The minimum absolute atomic E-state index is 0.0490. The summed E-state index contributed by atoms with van der Waals surface area (Å²) in [4.78, 5) is 12.8. The van der Waals surface area contributed by atoms with E-state index in [9.17, 15) is 17.6 Å². The van der Waals surface area contributed by atoms with E-state index in [2.05, 4.69) is 0 Å². The number of hydrogen-bond donors (Lipinski definition) is 0. The van der Waals surface area contributed by atoms with Gasteiger partial charge in [-0.05, 0) is 60.7 Å². The van der Waals surface area contributed by atoms with Crippen LogP contribution in [0.15, 0.2) is 86.9 Å². The molecule has 0 aliphatic rings. The van der Waals surface area contributed by atoms with Crippen LogP contribution in [0.2, 0.25) is 0 Å². The zero-order valence-corrected chi connectivity index (χ0v) is 16.5. The first kappa shape index (κ1) is 19.7. The Morgan fingerprint density at radius 2 is 1.57 bits per heavy atom. The molecule has 30 heavy (non-hydrogen) atoms. The van der Waals surface area contributed by atoms with Crippen molar-refractivity contribution < 1.29 is 26.1 Å². The molecule has 0 saturated heterocycles. The fourth-order valence-corrected chi connectivity index (χ4v) is 3.83. The lowest BCUT2D eigenvalue weighted by atomic mass is 10.1. The Labute approximate surface area is 171 Å². The zero-order valence-electron chi connectivity index (χ0n) is 15.7. The van der Waals surface area contributed by atoms with E-state index in [-0.39, 0.29) is 21.6 Å². The van der Waals surface area contributed by atoms with Crippen molar-refractivity contribution in [1.29, 1.82) is 0 Å². The van der Waals surface area contributed by atoms with E-state index in [1.807, 2.05) is 0 Å². The van der Waals surface area contributed by atoms with Crippen molar-refractivity contribution in [3.8, 4) is 22.8 Å². The minimum Gasteiger partial charge on any atom is -0.497 e. The SMILES string of the molecule is COc1ccc(-c2oc3ccccc3c(=O)c2OS(=O)(=O)c2ccc(F)cc2)cc1. The molecule has 0 amide bonds. The summed E-state index contributed by atoms with van der Waals surface area (Å²) in [5.41, 5.74) is 0.0520. The highest BCUT2D eigenvalue weighted by Crippen LogP contribution is 2.33. The summed E-state index contributed by atoms with van der Waals surface area (Å²) in [5.74, 6) is -0.559. The molecule has 0 saturated carbocycles. The van der Waals surface area contributed by atoms with Gasteiger partial charge in [-0.1, -0.05) is 12.1 Å². The largest absolute Gasteiger partial charge is 0.497 e. The van der Waals surface area contributed by atoms with E-state index in [0.717, 1.165) is 24.3 Å². The lowest BCUT2D eigenvalue weighted by Gasteiger charge is -2.12. The molecule has 0 fully saturated rings. The molecule has 6 nitrogen and oxygen atoms in total. The summed E-state index contributed by atoms with van der Waals surface area (Å²) in [6.45, 7) is 0. The molecule has 1 heterocycles. The molecule has 0 bridgehead atoms. The Morgan fingerprint density at radius 1 is 0.900 bits per heavy atom. The number of ether oxygens (including phenoxy) is 1. The molecule has 0 radical (unpaired) electrons. The normalized spacial score (nSPS) is 11.4. The summed E-state index contributed by atoms with van der Waals surface area (Å²) < 4.78 is 54.8. The average molecular weight is 426 g/mol. The number of methoxy groups -OCH3 is 1. The fourth-order valence-electron chi connectivity index (χ4n) is 2.89. The van der Waals surface area contributed by atoms with Crippen molar-refractivity contribution in [3.05, 3.63) is 88.8 Å². The third-order valence-electron chi connectivity index (χ3n) is 4.40. The predicted molar refractivity (Wildman–Crippen MR) is 109 cm³/mol. The van der Waals surface area contributed by atoms with Crippen molar-refractivity contribution in [3.63, 3.8) is 0 Å². The van der Waals surface area contributed by atoms with Gasteiger partial charge < -0.3 is 13.3 Å². The molecule has 8 heteroatoms. The standard InChI is InChI=1S/C22H15FO6S/c1-27-16-10-6-14(7-11-16)21-22(20(24)18-4-2-3-5-19(18)28-21)29-30(25,26)17-12-8-15(23)9-13-17/h2-13H,1H3. The fraction of sp³-hybridized carbons (Fsp3) is 0.0455. The van der Waals surface area contributed by atoms with Gasteiger partial charge in [-0.3, -0.25) is 4.79 Å². The van der Waals surface area contributed by atoms with Crippen LogP contribution in [0, 0.1) is 5.82 Å². The molecule has 0 aliphatic carbocycles. The number of para-hydroxylation sites is 1. The number of halogens is 1. The van der Waals surface area contributed by atoms with Crippen LogP contribution in [0.1, 0.15) is 0 Å². The second-order valence-electron chi connectivity index (χ2n) is 6.31. The van der Waals surface area contributed by atoms with Gasteiger partial charge in [0.1, 0.15) is 22.0 Å². The Bertz CT molecular complexity index is 1370. The van der Waals surface area contributed by atoms with E-state index < -0.39 is 27.1 Å². The second kappa shape index (κ2) is 7.64. The maximum absolute atomic E-state index is 13.2. The van der Waals surface area contributed by atoms with E-state index in [0.29, 0.717) is 11.3 Å². The van der Waals surface area contributed by atoms with Crippen LogP contribution in [0.4, 0.5) is 4.39 Å². The summed E-state index contributed by atoms with van der Waals surface area (Å²) in [5, 5.41) is 0.166. The van der Waals surface area contributed by atoms with Gasteiger partial charge in [0.15, 0.2) is 5.76 Å². The minimum atomic E-state index is -4.42. The lowest BCUT2D eigenvalue weighted by molar-refractivity contribution is 0.415. The Morgan fingerprint density at radius 3 is 2.23 bits per heavy atom. The Kier molecular flexibility index (Phi) is 5.01. The third kappa shape index (κ3) is 3.65. The topological polar surface area (TPSA) is 82.8 Å². The maximum atomic E-state index is 13.2. The quantitative estimate of drug-likeness (QED) is 0.441. The molecule has 0 spiro atoms. The summed E-state index contributed by atoms with van der Waals surface area (Å²) in [6.07, 6.45) is 0. The van der Waals surface area contributed by atoms with E-state index in [1.54, 1.807) is 42.5 Å². The molecule has 1 aromatic heterocycles. The van der Waals surface area contributed by atoms with Gasteiger partial charge >= 0.3 is 10.1 Å². The molecular weight excluding hydrogens is 411 g/mol. The monoisotopic (exact) mass is 426 g/mol. The van der Waals surface area contributed by atoms with Crippen LogP contribution < -0.4 is 14.3 Å².